The lowest BCUT2D eigenvalue weighted by atomic mass is 10.1. The van der Waals surface area contributed by atoms with E-state index in [1.807, 2.05) is 12.1 Å². The topological polar surface area (TPSA) is 56.1 Å². The van der Waals surface area contributed by atoms with Crippen LogP contribution >= 0.6 is 22.9 Å². The van der Waals surface area contributed by atoms with Gasteiger partial charge in [0, 0.05) is 33.9 Å². The number of amides is 1. The van der Waals surface area contributed by atoms with E-state index in [1.54, 1.807) is 35.2 Å². The Kier molecular flexibility index (Phi) is 4.78. The maximum absolute atomic E-state index is 13.6. The van der Waals surface area contributed by atoms with Crippen molar-refractivity contribution in [2.75, 3.05) is 12.4 Å². The number of halogens is 2. The highest BCUT2D eigenvalue weighted by atomic mass is 35.5. The van der Waals surface area contributed by atoms with Gasteiger partial charge in [-0.15, -0.1) is 11.3 Å². The standard InChI is InChI=1S/C20H15ClFN3O2S/c1-25-16-5-3-4-14(21)12(16)9-17(25)19(26)24-20-23-15(10-28-20)13-8-11(22)6-7-18(13)27-2/h3-10H,1-2H3,(H,23,24,26). The highest BCUT2D eigenvalue weighted by Crippen LogP contribution is 2.33. The first-order valence-corrected chi connectivity index (χ1v) is 9.58. The molecule has 0 spiro atoms. The molecule has 4 aromatic rings. The van der Waals surface area contributed by atoms with Crippen LogP contribution in [-0.4, -0.2) is 22.6 Å². The Balaban J connectivity index is 1.63. The van der Waals surface area contributed by atoms with Crippen molar-refractivity contribution in [3.63, 3.8) is 0 Å². The second-order valence-electron chi connectivity index (χ2n) is 6.10. The fourth-order valence-electron chi connectivity index (χ4n) is 3.04. The Morgan fingerprint density at radius 3 is 2.86 bits per heavy atom. The summed E-state index contributed by atoms with van der Waals surface area (Å²) >= 11 is 7.47. The smallest absolute Gasteiger partial charge is 0.274 e. The van der Waals surface area contributed by atoms with Gasteiger partial charge in [0.2, 0.25) is 0 Å². The molecule has 0 saturated carbocycles. The number of methoxy groups -OCH3 is 1. The highest BCUT2D eigenvalue weighted by molar-refractivity contribution is 7.14. The van der Waals surface area contributed by atoms with Crippen molar-refractivity contribution in [1.29, 1.82) is 0 Å². The maximum Gasteiger partial charge on any atom is 0.274 e. The van der Waals surface area contributed by atoms with E-state index in [0.717, 1.165) is 10.9 Å². The lowest BCUT2D eigenvalue weighted by molar-refractivity contribution is 0.101. The zero-order valence-corrected chi connectivity index (χ0v) is 16.6. The minimum absolute atomic E-state index is 0.304. The fourth-order valence-corrected chi connectivity index (χ4v) is 3.97. The number of nitrogens with one attached hydrogen (secondary N) is 1. The summed E-state index contributed by atoms with van der Waals surface area (Å²) in [6.45, 7) is 0. The molecule has 2 aromatic heterocycles. The predicted molar refractivity (Wildman–Crippen MR) is 110 cm³/mol. The van der Waals surface area contributed by atoms with Crippen molar-refractivity contribution in [1.82, 2.24) is 9.55 Å². The molecule has 0 fully saturated rings. The molecule has 0 radical (unpaired) electrons. The highest BCUT2D eigenvalue weighted by Gasteiger charge is 2.17. The molecule has 0 aliphatic rings. The summed E-state index contributed by atoms with van der Waals surface area (Å²) in [5.74, 6) is -0.184. The van der Waals surface area contributed by atoms with Gasteiger partial charge in [-0.1, -0.05) is 17.7 Å². The van der Waals surface area contributed by atoms with E-state index < -0.39 is 0 Å². The molecule has 0 aliphatic heterocycles. The molecule has 8 heteroatoms. The van der Waals surface area contributed by atoms with Gasteiger partial charge in [-0.25, -0.2) is 9.37 Å². The Morgan fingerprint density at radius 1 is 1.29 bits per heavy atom. The van der Waals surface area contributed by atoms with E-state index >= 15 is 0 Å². The monoisotopic (exact) mass is 415 g/mol. The van der Waals surface area contributed by atoms with Crippen LogP contribution in [0.2, 0.25) is 5.02 Å². The zero-order chi connectivity index (χ0) is 19.8. The van der Waals surface area contributed by atoms with Gasteiger partial charge in [0.15, 0.2) is 5.13 Å². The lowest BCUT2D eigenvalue weighted by Crippen LogP contribution is -2.15. The Bertz CT molecular complexity index is 1200. The first-order chi connectivity index (χ1) is 13.5. The summed E-state index contributed by atoms with van der Waals surface area (Å²) in [6.07, 6.45) is 0. The fraction of sp³-hybridized carbons (Fsp3) is 0.100. The second kappa shape index (κ2) is 7.26. The molecule has 4 rings (SSSR count). The van der Waals surface area contributed by atoms with Crippen LogP contribution in [0.15, 0.2) is 47.8 Å². The number of carbonyl (C=O) groups is 1. The van der Waals surface area contributed by atoms with E-state index in [9.17, 15) is 9.18 Å². The van der Waals surface area contributed by atoms with Crippen LogP contribution in [0.3, 0.4) is 0 Å². The van der Waals surface area contributed by atoms with Gasteiger partial charge in [0.05, 0.1) is 12.8 Å². The van der Waals surface area contributed by atoms with Crippen molar-refractivity contribution in [2.45, 2.75) is 0 Å². The van der Waals surface area contributed by atoms with Crippen LogP contribution in [0.5, 0.6) is 5.75 Å². The number of ether oxygens (including phenoxy) is 1. The van der Waals surface area contributed by atoms with Crippen molar-refractivity contribution in [3.05, 3.63) is 64.4 Å². The number of fused-ring (bicyclic) bond motifs is 1. The number of carbonyl (C=O) groups excluding carboxylic acids is 1. The lowest BCUT2D eigenvalue weighted by Gasteiger charge is -2.06. The minimum Gasteiger partial charge on any atom is -0.496 e. The molecule has 1 N–H and O–H groups in total. The summed E-state index contributed by atoms with van der Waals surface area (Å²) in [6, 6.07) is 11.5. The van der Waals surface area contributed by atoms with Crippen LogP contribution in [0.4, 0.5) is 9.52 Å². The number of anilines is 1. The van der Waals surface area contributed by atoms with Gasteiger partial charge in [-0.05, 0) is 36.4 Å². The Hall–Kier alpha value is -2.90. The quantitative estimate of drug-likeness (QED) is 0.488. The number of aromatic nitrogens is 2. The zero-order valence-electron chi connectivity index (χ0n) is 15.0. The summed E-state index contributed by atoms with van der Waals surface area (Å²) in [7, 11) is 3.31. The minimum atomic E-state index is -0.387. The predicted octanol–water partition coefficient (Wildman–Crippen LogP) is 5.36. The first-order valence-electron chi connectivity index (χ1n) is 8.32. The van der Waals surface area contributed by atoms with E-state index in [4.69, 9.17) is 16.3 Å². The SMILES string of the molecule is COc1ccc(F)cc1-c1csc(NC(=O)c2cc3c(Cl)cccc3n2C)n1. The largest absolute Gasteiger partial charge is 0.496 e. The molecular weight excluding hydrogens is 401 g/mol. The third-order valence-electron chi connectivity index (χ3n) is 4.43. The molecule has 28 heavy (non-hydrogen) atoms. The third kappa shape index (κ3) is 3.23. The van der Waals surface area contributed by atoms with Crippen LogP contribution < -0.4 is 10.1 Å². The summed E-state index contributed by atoms with van der Waals surface area (Å²) in [5, 5.41) is 6.33. The van der Waals surface area contributed by atoms with Gasteiger partial charge >= 0.3 is 0 Å². The maximum atomic E-state index is 13.6. The molecule has 0 saturated heterocycles. The van der Waals surface area contributed by atoms with Gasteiger partial charge in [0.25, 0.3) is 5.91 Å². The van der Waals surface area contributed by atoms with Crippen LogP contribution in [0.1, 0.15) is 10.5 Å². The number of nitrogens with zero attached hydrogens (tertiary/aromatic N) is 2. The molecule has 0 unspecified atom stereocenters. The van der Waals surface area contributed by atoms with Crippen molar-refractivity contribution < 1.29 is 13.9 Å². The summed E-state index contributed by atoms with van der Waals surface area (Å²) < 4.78 is 20.7. The molecule has 0 atom stereocenters. The second-order valence-corrected chi connectivity index (χ2v) is 7.36. The van der Waals surface area contributed by atoms with Crippen molar-refractivity contribution >= 4 is 44.9 Å². The molecule has 142 valence electrons. The van der Waals surface area contributed by atoms with Gasteiger partial charge in [-0.2, -0.15) is 0 Å². The number of rotatable bonds is 4. The number of aryl methyl sites for hydroxylation is 1. The van der Waals surface area contributed by atoms with Gasteiger partial charge in [0.1, 0.15) is 17.3 Å². The summed E-state index contributed by atoms with van der Waals surface area (Å²) in [5.41, 5.74) is 2.37. The molecule has 0 aliphatic carbocycles. The van der Waals surface area contributed by atoms with Crippen molar-refractivity contribution in [3.8, 4) is 17.0 Å². The first kappa shape index (κ1) is 18.5. The molecule has 1 amide bonds. The number of thiazole rings is 1. The van der Waals surface area contributed by atoms with Gasteiger partial charge < -0.3 is 9.30 Å². The average molecular weight is 416 g/mol. The molecule has 5 nitrogen and oxygen atoms in total. The van der Waals surface area contributed by atoms with E-state index in [2.05, 4.69) is 10.3 Å². The van der Waals surface area contributed by atoms with E-state index in [0.29, 0.717) is 32.9 Å². The van der Waals surface area contributed by atoms with Crippen LogP contribution in [-0.2, 0) is 7.05 Å². The van der Waals surface area contributed by atoms with E-state index in [-0.39, 0.29) is 11.7 Å². The van der Waals surface area contributed by atoms with Gasteiger partial charge in [-0.3, -0.25) is 10.1 Å². The molecule has 2 aromatic carbocycles. The Morgan fingerprint density at radius 2 is 2.11 bits per heavy atom. The van der Waals surface area contributed by atoms with Crippen molar-refractivity contribution in [2.24, 2.45) is 7.05 Å². The normalized spacial score (nSPS) is 11.0. The summed E-state index contributed by atoms with van der Waals surface area (Å²) in [4.78, 5) is 17.1. The molecular formula is C20H15ClFN3O2S. The number of hydrogen-bond donors (Lipinski definition) is 1. The van der Waals surface area contributed by atoms with Crippen LogP contribution in [0, 0.1) is 5.82 Å². The number of benzene rings is 2. The molecule has 0 bridgehead atoms. The van der Waals surface area contributed by atoms with E-state index in [1.165, 1.54) is 30.6 Å². The number of hydrogen-bond acceptors (Lipinski definition) is 4. The average Bonchev–Trinajstić information content (AvgIpc) is 3.27. The molecule has 2 heterocycles. The Labute approximate surface area is 169 Å². The van der Waals surface area contributed by atoms with Crippen LogP contribution in [0.25, 0.3) is 22.2 Å². The third-order valence-corrected chi connectivity index (χ3v) is 5.52.